The Bertz CT molecular complexity index is 833. The van der Waals surface area contributed by atoms with Crippen molar-refractivity contribution in [2.24, 2.45) is 0 Å². The molecule has 116 valence electrons. The summed E-state index contributed by atoms with van der Waals surface area (Å²) in [4.78, 5) is 12.2. The molecule has 0 aliphatic rings. The zero-order chi connectivity index (χ0) is 16.2. The highest BCUT2D eigenvalue weighted by Gasteiger charge is 2.13. The van der Waals surface area contributed by atoms with Crippen LogP contribution in [0.2, 0.25) is 5.02 Å². The number of aromatic nitrogens is 2. The van der Waals surface area contributed by atoms with E-state index >= 15 is 0 Å². The number of nitrogens with zero attached hydrogens (tertiary/aromatic N) is 2. The van der Waals surface area contributed by atoms with E-state index in [9.17, 15) is 4.79 Å². The maximum atomic E-state index is 12.2. The summed E-state index contributed by atoms with van der Waals surface area (Å²) in [7, 11) is 1.61. The van der Waals surface area contributed by atoms with Gasteiger partial charge < -0.3 is 4.74 Å². The Balaban J connectivity index is 1.76. The molecule has 0 atom stereocenters. The van der Waals surface area contributed by atoms with E-state index in [1.165, 1.54) is 11.3 Å². The SMILES string of the molecule is COc1ccc(-c2nnc(NC(=O)c3ccccc3Cl)s2)cc1. The molecule has 0 saturated heterocycles. The minimum atomic E-state index is -0.312. The number of nitrogens with one attached hydrogen (secondary N) is 1. The lowest BCUT2D eigenvalue weighted by atomic mass is 10.2. The van der Waals surface area contributed by atoms with E-state index < -0.39 is 0 Å². The summed E-state index contributed by atoms with van der Waals surface area (Å²) in [5.41, 5.74) is 1.30. The highest BCUT2D eigenvalue weighted by molar-refractivity contribution is 7.18. The molecule has 0 aliphatic carbocycles. The van der Waals surface area contributed by atoms with Crippen LogP contribution in [-0.4, -0.2) is 23.2 Å². The standard InChI is InChI=1S/C16H12ClN3O2S/c1-22-11-8-6-10(7-9-11)15-19-20-16(23-15)18-14(21)12-4-2-3-5-13(12)17/h2-9H,1H3,(H,18,20,21). The van der Waals surface area contributed by atoms with Gasteiger partial charge in [-0.2, -0.15) is 0 Å². The third kappa shape index (κ3) is 3.49. The van der Waals surface area contributed by atoms with Gasteiger partial charge in [-0.05, 0) is 36.4 Å². The number of hydrogen-bond acceptors (Lipinski definition) is 5. The van der Waals surface area contributed by atoms with Crippen molar-refractivity contribution in [3.63, 3.8) is 0 Å². The van der Waals surface area contributed by atoms with Gasteiger partial charge in [-0.25, -0.2) is 0 Å². The molecule has 0 fully saturated rings. The number of amides is 1. The molecule has 1 aromatic heterocycles. The van der Waals surface area contributed by atoms with Gasteiger partial charge in [0.1, 0.15) is 10.8 Å². The van der Waals surface area contributed by atoms with Crippen molar-refractivity contribution in [3.8, 4) is 16.3 Å². The van der Waals surface area contributed by atoms with Crippen LogP contribution in [0.25, 0.3) is 10.6 Å². The van der Waals surface area contributed by atoms with Crippen LogP contribution >= 0.6 is 22.9 Å². The van der Waals surface area contributed by atoms with E-state index in [0.717, 1.165) is 11.3 Å². The number of ether oxygens (including phenoxy) is 1. The lowest BCUT2D eigenvalue weighted by molar-refractivity contribution is 0.102. The molecule has 3 aromatic rings. The minimum absolute atomic E-state index is 0.312. The van der Waals surface area contributed by atoms with Gasteiger partial charge in [-0.3, -0.25) is 10.1 Å². The summed E-state index contributed by atoms with van der Waals surface area (Å²) >= 11 is 7.30. The van der Waals surface area contributed by atoms with E-state index in [2.05, 4.69) is 15.5 Å². The zero-order valence-electron chi connectivity index (χ0n) is 12.1. The quantitative estimate of drug-likeness (QED) is 0.772. The van der Waals surface area contributed by atoms with Gasteiger partial charge in [0, 0.05) is 5.56 Å². The number of halogens is 1. The number of carbonyl (C=O) groups is 1. The van der Waals surface area contributed by atoms with E-state index in [1.54, 1.807) is 31.4 Å². The van der Waals surface area contributed by atoms with Gasteiger partial charge in [-0.1, -0.05) is 35.1 Å². The van der Waals surface area contributed by atoms with Crippen LogP contribution in [0.3, 0.4) is 0 Å². The number of methoxy groups -OCH3 is 1. The van der Waals surface area contributed by atoms with Crippen LogP contribution in [-0.2, 0) is 0 Å². The zero-order valence-corrected chi connectivity index (χ0v) is 13.7. The van der Waals surface area contributed by atoms with Crippen LogP contribution in [0, 0.1) is 0 Å². The predicted octanol–water partition coefficient (Wildman–Crippen LogP) is 4.12. The predicted molar refractivity (Wildman–Crippen MR) is 91.3 cm³/mol. The Hall–Kier alpha value is -2.44. The molecule has 3 rings (SSSR count). The van der Waals surface area contributed by atoms with Crippen molar-refractivity contribution in [3.05, 3.63) is 59.1 Å². The number of benzene rings is 2. The first-order valence-corrected chi connectivity index (χ1v) is 7.90. The van der Waals surface area contributed by atoms with Crippen LogP contribution in [0.1, 0.15) is 10.4 Å². The van der Waals surface area contributed by atoms with Crippen molar-refractivity contribution in [2.45, 2.75) is 0 Å². The molecule has 1 heterocycles. The molecule has 0 unspecified atom stereocenters. The summed E-state index contributed by atoms with van der Waals surface area (Å²) in [6.07, 6.45) is 0. The average molecular weight is 346 g/mol. The summed E-state index contributed by atoms with van der Waals surface area (Å²) in [5.74, 6) is 0.457. The first kappa shape index (κ1) is 15.5. The fourth-order valence-electron chi connectivity index (χ4n) is 1.93. The Labute approximate surface area is 141 Å². The smallest absolute Gasteiger partial charge is 0.259 e. The van der Waals surface area contributed by atoms with E-state index in [1.807, 2.05) is 24.3 Å². The van der Waals surface area contributed by atoms with Gasteiger partial charge in [0.15, 0.2) is 0 Å². The molecule has 0 bridgehead atoms. The molecule has 0 aliphatic heterocycles. The number of rotatable bonds is 4. The molecular formula is C16H12ClN3O2S. The molecule has 1 amide bonds. The van der Waals surface area contributed by atoms with Gasteiger partial charge in [0.05, 0.1) is 17.7 Å². The second-order valence-corrected chi connectivity index (χ2v) is 5.96. The van der Waals surface area contributed by atoms with Crippen molar-refractivity contribution in [1.29, 1.82) is 0 Å². The highest BCUT2D eigenvalue weighted by Crippen LogP contribution is 2.28. The van der Waals surface area contributed by atoms with Gasteiger partial charge >= 0.3 is 0 Å². The van der Waals surface area contributed by atoms with E-state index in [-0.39, 0.29) is 5.91 Å². The lowest BCUT2D eigenvalue weighted by Gasteiger charge is -2.02. The summed E-state index contributed by atoms with van der Waals surface area (Å²) < 4.78 is 5.12. The van der Waals surface area contributed by atoms with Crippen molar-refractivity contribution < 1.29 is 9.53 Å². The largest absolute Gasteiger partial charge is 0.497 e. The third-order valence-electron chi connectivity index (χ3n) is 3.10. The van der Waals surface area contributed by atoms with Crippen molar-refractivity contribution in [2.75, 3.05) is 12.4 Å². The second-order valence-electron chi connectivity index (χ2n) is 4.57. The average Bonchev–Trinajstić information content (AvgIpc) is 3.03. The molecule has 0 radical (unpaired) electrons. The Kier molecular flexibility index (Phi) is 4.55. The first-order valence-electron chi connectivity index (χ1n) is 6.71. The fourth-order valence-corrected chi connectivity index (χ4v) is 2.90. The van der Waals surface area contributed by atoms with Gasteiger partial charge in [0.2, 0.25) is 5.13 Å². The molecular weight excluding hydrogens is 334 g/mol. The number of anilines is 1. The molecule has 0 spiro atoms. The van der Waals surface area contributed by atoms with Gasteiger partial charge in [-0.15, -0.1) is 10.2 Å². The summed E-state index contributed by atoms with van der Waals surface area (Å²) in [6, 6.07) is 14.3. The van der Waals surface area contributed by atoms with E-state index in [4.69, 9.17) is 16.3 Å². The number of carbonyl (C=O) groups excluding carboxylic acids is 1. The van der Waals surface area contributed by atoms with Crippen molar-refractivity contribution >= 4 is 34.0 Å². The second kappa shape index (κ2) is 6.76. The van der Waals surface area contributed by atoms with Crippen LogP contribution in [0.5, 0.6) is 5.75 Å². The van der Waals surface area contributed by atoms with Gasteiger partial charge in [0.25, 0.3) is 5.91 Å². The fraction of sp³-hybridized carbons (Fsp3) is 0.0625. The van der Waals surface area contributed by atoms with E-state index in [0.29, 0.717) is 20.7 Å². The maximum Gasteiger partial charge on any atom is 0.259 e. The molecule has 7 heteroatoms. The first-order chi connectivity index (χ1) is 11.2. The lowest BCUT2D eigenvalue weighted by Crippen LogP contribution is -2.12. The molecule has 5 nitrogen and oxygen atoms in total. The topological polar surface area (TPSA) is 64.1 Å². The Morgan fingerprint density at radius 1 is 1.13 bits per heavy atom. The molecule has 23 heavy (non-hydrogen) atoms. The highest BCUT2D eigenvalue weighted by atomic mass is 35.5. The maximum absolute atomic E-state index is 12.2. The van der Waals surface area contributed by atoms with Crippen molar-refractivity contribution in [1.82, 2.24) is 10.2 Å². The van der Waals surface area contributed by atoms with Crippen LogP contribution < -0.4 is 10.1 Å². The molecule has 0 saturated carbocycles. The number of hydrogen-bond donors (Lipinski definition) is 1. The Morgan fingerprint density at radius 3 is 2.57 bits per heavy atom. The third-order valence-corrected chi connectivity index (χ3v) is 4.32. The molecule has 2 aromatic carbocycles. The summed E-state index contributed by atoms with van der Waals surface area (Å²) in [5, 5.41) is 12.3. The van der Waals surface area contributed by atoms with Crippen LogP contribution in [0.4, 0.5) is 5.13 Å². The Morgan fingerprint density at radius 2 is 1.87 bits per heavy atom. The van der Waals surface area contributed by atoms with Crippen LogP contribution in [0.15, 0.2) is 48.5 Å². The monoisotopic (exact) mass is 345 g/mol. The molecule has 1 N–H and O–H groups in total. The normalized spacial score (nSPS) is 10.3. The minimum Gasteiger partial charge on any atom is -0.497 e. The summed E-state index contributed by atoms with van der Waals surface area (Å²) in [6.45, 7) is 0.